The molecule has 0 aliphatic carbocycles. The van der Waals surface area contributed by atoms with E-state index in [1.807, 2.05) is 48.3 Å². The van der Waals surface area contributed by atoms with E-state index in [2.05, 4.69) is 25.3 Å². The Morgan fingerprint density at radius 3 is 2.31 bits per heavy atom. The van der Waals surface area contributed by atoms with Crippen molar-refractivity contribution >= 4 is 23.4 Å². The van der Waals surface area contributed by atoms with E-state index in [-0.39, 0.29) is 5.97 Å². The molecule has 0 saturated heterocycles. The average Bonchev–Trinajstić information content (AvgIpc) is 2.87. The number of rotatable bonds is 7. The summed E-state index contributed by atoms with van der Waals surface area (Å²) in [7, 11) is 3.21. The smallest absolute Gasteiger partial charge is 0.337 e. The topological polar surface area (TPSA) is 93.1 Å². The van der Waals surface area contributed by atoms with Crippen molar-refractivity contribution in [2.75, 3.05) is 24.4 Å². The molecule has 1 aromatic carbocycles. The lowest BCUT2D eigenvalue weighted by molar-refractivity contribution is 0.0600. The zero-order valence-corrected chi connectivity index (χ0v) is 17.8. The minimum absolute atomic E-state index is 0.366. The van der Waals surface area contributed by atoms with Gasteiger partial charge >= 0.3 is 5.97 Å². The van der Waals surface area contributed by atoms with Gasteiger partial charge in [-0.2, -0.15) is 0 Å². The second kappa shape index (κ2) is 9.65. The van der Waals surface area contributed by atoms with Crippen molar-refractivity contribution in [3.05, 3.63) is 90.6 Å². The van der Waals surface area contributed by atoms with Crippen molar-refractivity contribution in [1.82, 2.24) is 19.9 Å². The molecule has 32 heavy (non-hydrogen) atoms. The minimum Gasteiger partial charge on any atom is -0.465 e. The average molecular weight is 426 g/mol. The largest absolute Gasteiger partial charge is 0.465 e. The fourth-order valence-corrected chi connectivity index (χ4v) is 3.25. The number of pyridine rings is 2. The Labute approximate surface area is 186 Å². The second-order valence-corrected chi connectivity index (χ2v) is 6.92. The SMILES string of the molecule is CNc1cc(-c2ccnc(N(Cc3ccc(C(=O)OC)cc3)c3cnccn3)c2)ccn1. The van der Waals surface area contributed by atoms with E-state index in [1.54, 1.807) is 43.1 Å². The first-order chi connectivity index (χ1) is 15.7. The molecule has 0 aliphatic rings. The number of nitrogens with one attached hydrogen (secondary N) is 1. The van der Waals surface area contributed by atoms with E-state index in [0.29, 0.717) is 17.9 Å². The van der Waals surface area contributed by atoms with Crippen LogP contribution in [0.1, 0.15) is 15.9 Å². The highest BCUT2D eigenvalue weighted by atomic mass is 16.5. The number of hydrogen-bond acceptors (Lipinski definition) is 8. The van der Waals surface area contributed by atoms with Crippen LogP contribution in [0, 0.1) is 0 Å². The lowest BCUT2D eigenvalue weighted by Crippen LogP contribution is -2.19. The molecular weight excluding hydrogens is 404 g/mol. The third-order valence-corrected chi connectivity index (χ3v) is 4.91. The van der Waals surface area contributed by atoms with Gasteiger partial charge in [0.05, 0.1) is 25.4 Å². The van der Waals surface area contributed by atoms with E-state index in [9.17, 15) is 4.79 Å². The fraction of sp³-hybridized carbons (Fsp3) is 0.125. The minimum atomic E-state index is -0.366. The first-order valence-electron chi connectivity index (χ1n) is 9.99. The zero-order chi connectivity index (χ0) is 22.3. The first kappa shape index (κ1) is 20.9. The van der Waals surface area contributed by atoms with Crippen molar-refractivity contribution < 1.29 is 9.53 Å². The Balaban J connectivity index is 1.69. The molecule has 4 rings (SSSR count). The van der Waals surface area contributed by atoms with E-state index >= 15 is 0 Å². The monoisotopic (exact) mass is 426 g/mol. The molecule has 3 aromatic heterocycles. The second-order valence-electron chi connectivity index (χ2n) is 6.92. The standard InChI is InChI=1S/C24H22N6O2/c1-25-21-13-19(7-9-27-21)20-8-10-28-22(14-20)30(23-15-26-11-12-29-23)16-17-3-5-18(6-4-17)24(31)32-2/h3-15H,16H2,1-2H3,(H,25,27). The van der Waals surface area contributed by atoms with Gasteiger partial charge in [0, 0.05) is 31.8 Å². The number of hydrogen-bond donors (Lipinski definition) is 1. The van der Waals surface area contributed by atoms with Crippen LogP contribution in [0.5, 0.6) is 0 Å². The highest BCUT2D eigenvalue weighted by Crippen LogP contribution is 2.28. The molecule has 1 N–H and O–H groups in total. The molecule has 4 aromatic rings. The molecule has 8 nitrogen and oxygen atoms in total. The normalized spacial score (nSPS) is 10.4. The molecular formula is C24H22N6O2. The Bertz CT molecular complexity index is 1200. The van der Waals surface area contributed by atoms with Crippen LogP contribution in [-0.2, 0) is 11.3 Å². The van der Waals surface area contributed by atoms with E-state index in [1.165, 1.54) is 7.11 Å². The summed E-state index contributed by atoms with van der Waals surface area (Å²) in [5, 5.41) is 3.06. The van der Waals surface area contributed by atoms with E-state index < -0.39 is 0 Å². The molecule has 0 bridgehead atoms. The van der Waals surface area contributed by atoms with Crippen molar-refractivity contribution in [3.63, 3.8) is 0 Å². The maximum Gasteiger partial charge on any atom is 0.337 e. The molecule has 160 valence electrons. The van der Waals surface area contributed by atoms with Crippen LogP contribution >= 0.6 is 0 Å². The van der Waals surface area contributed by atoms with E-state index in [4.69, 9.17) is 4.74 Å². The molecule has 0 atom stereocenters. The molecule has 8 heteroatoms. The molecule has 0 amide bonds. The van der Waals surface area contributed by atoms with Gasteiger partial charge in [-0.1, -0.05) is 12.1 Å². The van der Waals surface area contributed by atoms with Gasteiger partial charge in [-0.25, -0.2) is 19.7 Å². The maximum absolute atomic E-state index is 11.7. The number of methoxy groups -OCH3 is 1. The molecule has 0 aliphatic heterocycles. The van der Waals surface area contributed by atoms with Gasteiger partial charge in [0.15, 0.2) is 5.82 Å². The maximum atomic E-state index is 11.7. The summed E-state index contributed by atoms with van der Waals surface area (Å²) >= 11 is 0. The third kappa shape index (κ3) is 4.70. The third-order valence-electron chi connectivity index (χ3n) is 4.91. The molecule has 3 heterocycles. The number of benzene rings is 1. The zero-order valence-electron chi connectivity index (χ0n) is 17.8. The van der Waals surface area contributed by atoms with Crippen molar-refractivity contribution in [3.8, 4) is 11.1 Å². The van der Waals surface area contributed by atoms with Gasteiger partial charge in [0.2, 0.25) is 0 Å². The van der Waals surface area contributed by atoms with Crippen LogP contribution in [-0.4, -0.2) is 40.1 Å². The van der Waals surface area contributed by atoms with Gasteiger partial charge in [-0.15, -0.1) is 0 Å². The molecule has 0 saturated carbocycles. The number of ether oxygens (including phenoxy) is 1. The van der Waals surface area contributed by atoms with Gasteiger partial charge in [-0.3, -0.25) is 4.98 Å². The van der Waals surface area contributed by atoms with E-state index in [0.717, 1.165) is 28.3 Å². The fourth-order valence-electron chi connectivity index (χ4n) is 3.25. The van der Waals surface area contributed by atoms with Crippen LogP contribution in [0.2, 0.25) is 0 Å². The molecule has 0 unspecified atom stereocenters. The number of esters is 1. The summed E-state index contributed by atoms with van der Waals surface area (Å²) in [5.74, 6) is 1.81. The van der Waals surface area contributed by atoms with Gasteiger partial charge in [-0.05, 0) is 53.1 Å². The Morgan fingerprint density at radius 1 is 0.906 bits per heavy atom. The Morgan fingerprint density at radius 2 is 1.62 bits per heavy atom. The first-order valence-corrected chi connectivity index (χ1v) is 9.99. The summed E-state index contributed by atoms with van der Waals surface area (Å²) < 4.78 is 4.78. The lowest BCUT2D eigenvalue weighted by atomic mass is 10.1. The Hall–Kier alpha value is -4.33. The summed E-state index contributed by atoms with van der Waals surface area (Å²) in [6.07, 6.45) is 8.52. The molecule has 0 spiro atoms. The summed E-state index contributed by atoms with van der Waals surface area (Å²) in [6.45, 7) is 0.495. The predicted octanol–water partition coefficient (Wildman–Crippen LogP) is 4.10. The number of carbonyl (C=O) groups excluding carboxylic acids is 1. The number of anilines is 3. The summed E-state index contributed by atoms with van der Waals surface area (Å²) in [5.41, 5.74) is 3.51. The lowest BCUT2D eigenvalue weighted by Gasteiger charge is -2.23. The highest BCUT2D eigenvalue weighted by Gasteiger charge is 2.15. The van der Waals surface area contributed by atoms with Crippen LogP contribution in [0.3, 0.4) is 0 Å². The van der Waals surface area contributed by atoms with Gasteiger partial charge in [0.1, 0.15) is 11.6 Å². The number of aromatic nitrogens is 4. The van der Waals surface area contributed by atoms with Crippen molar-refractivity contribution in [2.45, 2.75) is 6.54 Å². The molecule has 0 fully saturated rings. The van der Waals surface area contributed by atoms with Crippen LogP contribution in [0.25, 0.3) is 11.1 Å². The van der Waals surface area contributed by atoms with Crippen LogP contribution < -0.4 is 10.2 Å². The van der Waals surface area contributed by atoms with Gasteiger partial charge < -0.3 is 15.0 Å². The van der Waals surface area contributed by atoms with Crippen molar-refractivity contribution in [1.29, 1.82) is 0 Å². The van der Waals surface area contributed by atoms with Crippen LogP contribution in [0.4, 0.5) is 17.5 Å². The summed E-state index contributed by atoms with van der Waals surface area (Å²) in [4.78, 5) is 31.3. The number of nitrogens with zero attached hydrogens (tertiary/aromatic N) is 5. The van der Waals surface area contributed by atoms with Gasteiger partial charge in [0.25, 0.3) is 0 Å². The quantitative estimate of drug-likeness (QED) is 0.442. The van der Waals surface area contributed by atoms with Crippen molar-refractivity contribution in [2.24, 2.45) is 0 Å². The predicted molar refractivity (Wildman–Crippen MR) is 123 cm³/mol. The Kier molecular flexibility index (Phi) is 6.31. The summed E-state index contributed by atoms with van der Waals surface area (Å²) in [6, 6.07) is 15.2. The number of carbonyl (C=O) groups is 1. The molecule has 0 radical (unpaired) electrons. The van der Waals surface area contributed by atoms with Crippen LogP contribution in [0.15, 0.2) is 79.5 Å². The highest BCUT2D eigenvalue weighted by molar-refractivity contribution is 5.89.